The zero-order valence-electron chi connectivity index (χ0n) is 12.1. The van der Waals surface area contributed by atoms with Crippen molar-refractivity contribution in [2.24, 2.45) is 0 Å². The van der Waals surface area contributed by atoms with E-state index in [1.807, 2.05) is 25.1 Å². The van der Waals surface area contributed by atoms with Crippen LogP contribution < -0.4 is 10.1 Å². The normalized spacial score (nSPS) is 13.4. The van der Waals surface area contributed by atoms with E-state index in [4.69, 9.17) is 16.3 Å². The number of ketones is 1. The smallest absolute Gasteiger partial charge is 0.201 e. The number of carbonyl (C=O) groups is 1. The molecule has 0 fully saturated rings. The number of rotatable bonds is 3. The molecule has 1 heterocycles. The van der Waals surface area contributed by atoms with Crippen molar-refractivity contribution < 1.29 is 9.53 Å². The second-order valence-electron chi connectivity index (χ2n) is 4.88. The Labute approximate surface area is 138 Å². The number of nitrogens with one attached hydrogen (secondary N) is 1. The molecule has 0 aliphatic carbocycles. The highest BCUT2D eigenvalue weighted by Crippen LogP contribution is 2.41. The molecule has 0 spiro atoms. The third-order valence-corrected chi connectivity index (χ3v) is 4.88. The number of anilines is 1. The van der Waals surface area contributed by atoms with E-state index in [0.29, 0.717) is 15.5 Å². The van der Waals surface area contributed by atoms with Gasteiger partial charge in [0, 0.05) is 21.2 Å². The number of ether oxygens (including phenoxy) is 1. The fourth-order valence-electron chi connectivity index (χ4n) is 2.22. The minimum absolute atomic E-state index is 0.00162. The van der Waals surface area contributed by atoms with Crippen molar-refractivity contribution in [3.8, 4) is 5.75 Å². The van der Waals surface area contributed by atoms with Gasteiger partial charge in [0.1, 0.15) is 5.75 Å². The van der Waals surface area contributed by atoms with Crippen LogP contribution in [0.1, 0.15) is 17.3 Å². The highest BCUT2D eigenvalue weighted by Gasteiger charge is 2.22. The first-order valence-corrected chi connectivity index (χ1v) is 7.92. The van der Waals surface area contributed by atoms with Gasteiger partial charge in [-0.2, -0.15) is 0 Å². The second kappa shape index (κ2) is 6.07. The predicted octanol–water partition coefficient (Wildman–Crippen LogP) is 4.98. The molecule has 3 nitrogen and oxygen atoms in total. The number of thioether (sulfide) groups is 1. The van der Waals surface area contributed by atoms with Crippen molar-refractivity contribution in [2.45, 2.75) is 11.8 Å². The van der Waals surface area contributed by atoms with Crippen LogP contribution in [-0.4, -0.2) is 12.9 Å². The van der Waals surface area contributed by atoms with Crippen LogP contribution >= 0.6 is 23.4 Å². The van der Waals surface area contributed by atoms with E-state index in [2.05, 4.69) is 5.32 Å². The van der Waals surface area contributed by atoms with Gasteiger partial charge in [0.25, 0.3) is 0 Å². The number of fused-ring (bicyclic) bond motifs is 1. The van der Waals surface area contributed by atoms with Crippen LogP contribution in [0.4, 0.5) is 5.69 Å². The van der Waals surface area contributed by atoms with E-state index in [1.165, 1.54) is 11.8 Å². The first-order chi connectivity index (χ1) is 10.6. The highest BCUT2D eigenvalue weighted by molar-refractivity contribution is 8.04. The molecule has 2 aromatic carbocycles. The van der Waals surface area contributed by atoms with Crippen molar-refractivity contribution >= 4 is 34.8 Å². The molecular formula is C17H14ClNO2S. The van der Waals surface area contributed by atoms with Gasteiger partial charge in [0.05, 0.1) is 17.7 Å². The van der Waals surface area contributed by atoms with Crippen LogP contribution in [0.2, 0.25) is 5.02 Å². The maximum atomic E-state index is 12.7. The molecule has 0 amide bonds. The van der Waals surface area contributed by atoms with Gasteiger partial charge in [-0.25, -0.2) is 0 Å². The number of halogens is 1. The molecule has 3 rings (SSSR count). The maximum Gasteiger partial charge on any atom is 0.201 e. The molecular weight excluding hydrogens is 318 g/mol. The number of benzene rings is 2. The molecule has 1 N–H and O–H groups in total. The molecule has 0 unspecified atom stereocenters. The topological polar surface area (TPSA) is 38.3 Å². The fraction of sp³-hybridized carbons (Fsp3) is 0.118. The Morgan fingerprint density at radius 1 is 1.18 bits per heavy atom. The summed E-state index contributed by atoms with van der Waals surface area (Å²) in [5.74, 6) is 0.731. The molecule has 5 heteroatoms. The molecule has 112 valence electrons. The van der Waals surface area contributed by atoms with Gasteiger partial charge in [-0.3, -0.25) is 4.79 Å². The molecule has 0 atom stereocenters. The van der Waals surface area contributed by atoms with Crippen LogP contribution in [0.3, 0.4) is 0 Å². The zero-order chi connectivity index (χ0) is 15.7. The summed E-state index contributed by atoms with van der Waals surface area (Å²) in [6, 6.07) is 12.7. The maximum absolute atomic E-state index is 12.7. The van der Waals surface area contributed by atoms with Crippen LogP contribution in [-0.2, 0) is 0 Å². The monoisotopic (exact) mass is 331 g/mol. The van der Waals surface area contributed by atoms with Crippen molar-refractivity contribution in [2.75, 3.05) is 12.4 Å². The van der Waals surface area contributed by atoms with Crippen LogP contribution in [0.5, 0.6) is 5.75 Å². The largest absolute Gasteiger partial charge is 0.497 e. The summed E-state index contributed by atoms with van der Waals surface area (Å²) in [6.45, 7) is 1.90. The number of Topliss-reactive ketones (excluding diaryl/α,β-unsaturated/α-hetero) is 1. The molecule has 1 aliphatic rings. The lowest BCUT2D eigenvalue weighted by Crippen LogP contribution is -2.12. The van der Waals surface area contributed by atoms with E-state index in [0.717, 1.165) is 22.0 Å². The van der Waals surface area contributed by atoms with E-state index in [1.54, 1.807) is 31.4 Å². The van der Waals surface area contributed by atoms with Crippen LogP contribution in [0.25, 0.3) is 0 Å². The molecule has 0 aromatic heterocycles. The first kappa shape index (κ1) is 15.0. The van der Waals surface area contributed by atoms with Gasteiger partial charge in [-0.05, 0) is 49.4 Å². The summed E-state index contributed by atoms with van der Waals surface area (Å²) >= 11 is 7.47. The summed E-state index contributed by atoms with van der Waals surface area (Å²) in [6.07, 6.45) is 0. The van der Waals surface area contributed by atoms with Gasteiger partial charge in [0.15, 0.2) is 0 Å². The van der Waals surface area contributed by atoms with Gasteiger partial charge >= 0.3 is 0 Å². The summed E-state index contributed by atoms with van der Waals surface area (Å²) in [5.41, 5.74) is 2.41. The van der Waals surface area contributed by atoms with Crippen LogP contribution in [0, 0.1) is 0 Å². The van der Waals surface area contributed by atoms with Crippen LogP contribution in [0.15, 0.2) is 58.0 Å². The first-order valence-electron chi connectivity index (χ1n) is 6.72. The van der Waals surface area contributed by atoms with Gasteiger partial charge in [-0.15, -0.1) is 0 Å². The van der Waals surface area contributed by atoms with Gasteiger partial charge < -0.3 is 10.1 Å². The molecule has 0 saturated carbocycles. The number of methoxy groups -OCH3 is 1. The molecule has 0 saturated heterocycles. The number of carbonyl (C=O) groups excluding carboxylic acids is 1. The molecule has 0 bridgehead atoms. The van der Waals surface area contributed by atoms with Gasteiger partial charge in [0.2, 0.25) is 5.78 Å². The summed E-state index contributed by atoms with van der Waals surface area (Å²) in [7, 11) is 1.60. The third kappa shape index (κ3) is 2.85. The van der Waals surface area contributed by atoms with Gasteiger partial charge in [-0.1, -0.05) is 23.4 Å². The lowest BCUT2D eigenvalue weighted by molar-refractivity contribution is 0.104. The van der Waals surface area contributed by atoms with E-state index < -0.39 is 0 Å². The fourth-order valence-corrected chi connectivity index (χ4v) is 3.39. The van der Waals surface area contributed by atoms with Crippen molar-refractivity contribution in [1.29, 1.82) is 0 Å². The Morgan fingerprint density at radius 3 is 2.59 bits per heavy atom. The Bertz CT molecular complexity index is 769. The lowest BCUT2D eigenvalue weighted by Gasteiger charge is -2.21. The molecule has 2 aromatic rings. The summed E-state index contributed by atoms with van der Waals surface area (Å²) < 4.78 is 5.12. The summed E-state index contributed by atoms with van der Waals surface area (Å²) in [4.78, 5) is 14.4. The van der Waals surface area contributed by atoms with Crippen molar-refractivity contribution in [1.82, 2.24) is 0 Å². The predicted molar refractivity (Wildman–Crippen MR) is 91.0 cm³/mol. The molecule has 22 heavy (non-hydrogen) atoms. The average Bonchev–Trinajstić information content (AvgIpc) is 2.53. The molecule has 0 radical (unpaired) electrons. The number of hydrogen-bond acceptors (Lipinski definition) is 4. The standard InChI is InChI=1S/C17H14ClNO2S/c1-10-17(16(20)11-3-6-13(21-2)7-4-11)22-15-8-5-12(18)9-14(15)19-10/h3-9,19H,1-2H3. The highest BCUT2D eigenvalue weighted by atomic mass is 35.5. The van der Waals surface area contributed by atoms with E-state index in [9.17, 15) is 4.79 Å². The molecule has 1 aliphatic heterocycles. The Hall–Kier alpha value is -1.91. The van der Waals surface area contributed by atoms with E-state index in [-0.39, 0.29) is 5.78 Å². The summed E-state index contributed by atoms with van der Waals surface area (Å²) in [5, 5.41) is 3.92. The minimum atomic E-state index is -0.00162. The lowest BCUT2D eigenvalue weighted by atomic mass is 10.1. The number of hydrogen-bond donors (Lipinski definition) is 1. The van der Waals surface area contributed by atoms with Crippen molar-refractivity contribution in [3.05, 3.63) is 63.7 Å². The third-order valence-electron chi connectivity index (χ3n) is 3.37. The average molecular weight is 332 g/mol. The Balaban J connectivity index is 1.91. The minimum Gasteiger partial charge on any atom is -0.497 e. The second-order valence-corrected chi connectivity index (χ2v) is 6.37. The Kier molecular flexibility index (Phi) is 4.14. The van der Waals surface area contributed by atoms with E-state index >= 15 is 0 Å². The number of allylic oxidation sites excluding steroid dienone is 2. The quantitative estimate of drug-likeness (QED) is 0.805. The zero-order valence-corrected chi connectivity index (χ0v) is 13.7. The SMILES string of the molecule is COc1ccc(C(=O)C2=C(C)Nc3cc(Cl)ccc3S2)cc1. The Morgan fingerprint density at radius 2 is 1.91 bits per heavy atom. The van der Waals surface area contributed by atoms with Crippen molar-refractivity contribution in [3.63, 3.8) is 0 Å².